The average molecular weight is 218 g/mol. The SMILES string of the molecule is CC(NC1CC(C(C)C)C1)c1cccnc1. The molecule has 1 aromatic rings. The molecule has 1 fully saturated rings. The first-order valence-corrected chi connectivity index (χ1v) is 6.32. The molecule has 0 saturated heterocycles. The van der Waals surface area contributed by atoms with Gasteiger partial charge in [0.25, 0.3) is 0 Å². The second-order valence-corrected chi connectivity index (χ2v) is 5.35. The topological polar surface area (TPSA) is 24.9 Å². The lowest BCUT2D eigenvalue weighted by Gasteiger charge is -2.40. The van der Waals surface area contributed by atoms with Gasteiger partial charge in [-0.15, -0.1) is 0 Å². The largest absolute Gasteiger partial charge is 0.307 e. The van der Waals surface area contributed by atoms with Gasteiger partial charge in [-0.25, -0.2) is 0 Å². The Kier molecular flexibility index (Phi) is 3.59. The molecular formula is C14H22N2. The maximum Gasteiger partial charge on any atom is 0.0315 e. The standard InChI is InChI=1S/C14H22N2/c1-10(2)13-7-14(8-13)16-11(3)12-5-4-6-15-9-12/h4-6,9-11,13-14,16H,7-8H2,1-3H3. The average Bonchev–Trinajstić information content (AvgIpc) is 2.23. The number of hydrogen-bond donors (Lipinski definition) is 1. The molecule has 1 aliphatic carbocycles. The smallest absolute Gasteiger partial charge is 0.0315 e. The predicted molar refractivity (Wildman–Crippen MR) is 67.1 cm³/mol. The summed E-state index contributed by atoms with van der Waals surface area (Å²) in [6, 6.07) is 5.28. The second-order valence-electron chi connectivity index (χ2n) is 5.35. The molecule has 88 valence electrons. The lowest BCUT2D eigenvalue weighted by atomic mass is 9.73. The van der Waals surface area contributed by atoms with Gasteiger partial charge >= 0.3 is 0 Å². The number of rotatable bonds is 4. The molecule has 0 spiro atoms. The molecule has 16 heavy (non-hydrogen) atoms. The van der Waals surface area contributed by atoms with Crippen molar-refractivity contribution < 1.29 is 0 Å². The highest BCUT2D eigenvalue weighted by Crippen LogP contribution is 2.34. The van der Waals surface area contributed by atoms with Crippen LogP contribution < -0.4 is 5.32 Å². The molecule has 1 unspecified atom stereocenters. The number of hydrogen-bond acceptors (Lipinski definition) is 2. The molecule has 2 heteroatoms. The summed E-state index contributed by atoms with van der Waals surface area (Å²) in [4.78, 5) is 4.16. The monoisotopic (exact) mass is 218 g/mol. The van der Waals surface area contributed by atoms with Crippen LogP contribution in [0.5, 0.6) is 0 Å². The summed E-state index contributed by atoms with van der Waals surface area (Å²) >= 11 is 0. The lowest BCUT2D eigenvalue weighted by molar-refractivity contribution is 0.159. The van der Waals surface area contributed by atoms with Crippen LogP contribution >= 0.6 is 0 Å². The minimum atomic E-state index is 0.423. The maximum atomic E-state index is 4.16. The molecule has 1 aromatic heterocycles. The van der Waals surface area contributed by atoms with Crippen molar-refractivity contribution in [2.24, 2.45) is 11.8 Å². The van der Waals surface area contributed by atoms with Gasteiger partial charge in [0.2, 0.25) is 0 Å². The second kappa shape index (κ2) is 4.96. The van der Waals surface area contributed by atoms with Gasteiger partial charge in [0, 0.05) is 24.5 Å². The van der Waals surface area contributed by atoms with Crippen LogP contribution in [0.15, 0.2) is 24.5 Å². The van der Waals surface area contributed by atoms with E-state index in [-0.39, 0.29) is 0 Å². The summed E-state index contributed by atoms with van der Waals surface area (Å²) in [5, 5.41) is 3.68. The fourth-order valence-corrected chi connectivity index (χ4v) is 2.42. The van der Waals surface area contributed by atoms with E-state index >= 15 is 0 Å². The van der Waals surface area contributed by atoms with Gasteiger partial charge in [0.05, 0.1) is 0 Å². The van der Waals surface area contributed by atoms with Crippen molar-refractivity contribution in [3.63, 3.8) is 0 Å². The Hall–Kier alpha value is -0.890. The summed E-state index contributed by atoms with van der Waals surface area (Å²) in [6.45, 7) is 6.87. The van der Waals surface area contributed by atoms with Crippen LogP contribution in [-0.2, 0) is 0 Å². The van der Waals surface area contributed by atoms with Crippen LogP contribution in [0.4, 0.5) is 0 Å². The van der Waals surface area contributed by atoms with Gasteiger partial charge in [0.15, 0.2) is 0 Å². The Morgan fingerprint density at radius 3 is 2.62 bits per heavy atom. The predicted octanol–water partition coefficient (Wildman–Crippen LogP) is 3.17. The van der Waals surface area contributed by atoms with Crippen LogP contribution in [0.2, 0.25) is 0 Å². The van der Waals surface area contributed by atoms with Crippen LogP contribution in [0.1, 0.15) is 45.2 Å². The number of nitrogens with zero attached hydrogens (tertiary/aromatic N) is 1. The highest BCUT2D eigenvalue weighted by Gasteiger charge is 2.31. The van der Waals surface area contributed by atoms with Crippen molar-refractivity contribution in [2.45, 2.75) is 45.7 Å². The zero-order valence-electron chi connectivity index (χ0n) is 10.5. The highest BCUT2D eigenvalue weighted by molar-refractivity contribution is 5.13. The summed E-state index contributed by atoms with van der Waals surface area (Å²) in [5.41, 5.74) is 1.29. The highest BCUT2D eigenvalue weighted by atomic mass is 15.0. The molecule has 0 amide bonds. The minimum absolute atomic E-state index is 0.423. The maximum absolute atomic E-state index is 4.16. The molecule has 0 aliphatic heterocycles. The molecule has 1 heterocycles. The third kappa shape index (κ3) is 2.62. The van der Waals surface area contributed by atoms with Crippen molar-refractivity contribution in [3.05, 3.63) is 30.1 Å². The molecule has 0 radical (unpaired) electrons. The van der Waals surface area contributed by atoms with Gasteiger partial charge < -0.3 is 5.32 Å². The Balaban J connectivity index is 1.80. The summed E-state index contributed by atoms with van der Waals surface area (Å²) < 4.78 is 0. The first-order chi connectivity index (χ1) is 7.66. The van der Waals surface area contributed by atoms with E-state index in [9.17, 15) is 0 Å². The fraction of sp³-hybridized carbons (Fsp3) is 0.643. The first-order valence-electron chi connectivity index (χ1n) is 6.32. The van der Waals surface area contributed by atoms with Gasteiger partial charge in [0.1, 0.15) is 0 Å². The zero-order chi connectivity index (χ0) is 11.5. The third-order valence-corrected chi connectivity index (χ3v) is 3.79. The van der Waals surface area contributed by atoms with Gasteiger partial charge in [-0.1, -0.05) is 19.9 Å². The number of aromatic nitrogens is 1. The van der Waals surface area contributed by atoms with Crippen LogP contribution in [-0.4, -0.2) is 11.0 Å². The Morgan fingerprint density at radius 2 is 2.06 bits per heavy atom. The van der Waals surface area contributed by atoms with E-state index in [4.69, 9.17) is 0 Å². The Bertz CT molecular complexity index is 315. The van der Waals surface area contributed by atoms with Crippen molar-refractivity contribution in [3.8, 4) is 0 Å². The van der Waals surface area contributed by atoms with E-state index in [0.717, 1.165) is 11.8 Å². The van der Waals surface area contributed by atoms with E-state index in [2.05, 4.69) is 37.1 Å². The number of nitrogens with one attached hydrogen (secondary N) is 1. The lowest BCUT2D eigenvalue weighted by Crippen LogP contribution is -2.43. The minimum Gasteiger partial charge on any atom is -0.307 e. The van der Waals surface area contributed by atoms with E-state index in [0.29, 0.717) is 12.1 Å². The van der Waals surface area contributed by atoms with Crippen LogP contribution in [0, 0.1) is 11.8 Å². The van der Waals surface area contributed by atoms with E-state index in [1.807, 2.05) is 18.5 Å². The molecule has 1 atom stereocenters. The molecule has 2 nitrogen and oxygen atoms in total. The van der Waals surface area contributed by atoms with Crippen molar-refractivity contribution in [1.82, 2.24) is 10.3 Å². The molecule has 2 rings (SSSR count). The first kappa shape index (κ1) is 11.6. The summed E-state index contributed by atoms with van der Waals surface area (Å²) in [7, 11) is 0. The van der Waals surface area contributed by atoms with Crippen molar-refractivity contribution in [2.75, 3.05) is 0 Å². The molecule has 1 N–H and O–H groups in total. The Morgan fingerprint density at radius 1 is 1.31 bits per heavy atom. The normalized spacial score (nSPS) is 26.5. The van der Waals surface area contributed by atoms with Crippen molar-refractivity contribution in [1.29, 1.82) is 0 Å². The van der Waals surface area contributed by atoms with E-state index in [1.54, 1.807) is 0 Å². The molecule has 0 aromatic carbocycles. The summed E-state index contributed by atoms with van der Waals surface area (Å²) in [5.74, 6) is 1.77. The third-order valence-electron chi connectivity index (χ3n) is 3.79. The quantitative estimate of drug-likeness (QED) is 0.839. The van der Waals surface area contributed by atoms with Crippen molar-refractivity contribution >= 4 is 0 Å². The molecule has 1 saturated carbocycles. The van der Waals surface area contributed by atoms with Gasteiger partial charge in [-0.2, -0.15) is 0 Å². The Labute approximate surface area is 98.5 Å². The van der Waals surface area contributed by atoms with E-state index < -0.39 is 0 Å². The van der Waals surface area contributed by atoms with Gasteiger partial charge in [-0.3, -0.25) is 4.98 Å². The fourth-order valence-electron chi connectivity index (χ4n) is 2.42. The zero-order valence-corrected chi connectivity index (χ0v) is 10.5. The van der Waals surface area contributed by atoms with Gasteiger partial charge in [-0.05, 0) is 43.2 Å². The number of pyridine rings is 1. The summed E-state index contributed by atoms with van der Waals surface area (Å²) in [6.07, 6.45) is 6.45. The van der Waals surface area contributed by atoms with E-state index in [1.165, 1.54) is 18.4 Å². The molecular weight excluding hydrogens is 196 g/mol. The van der Waals surface area contributed by atoms with Crippen LogP contribution in [0.25, 0.3) is 0 Å². The molecule has 0 bridgehead atoms. The van der Waals surface area contributed by atoms with Crippen LogP contribution in [0.3, 0.4) is 0 Å². The molecule has 1 aliphatic rings.